The van der Waals surface area contributed by atoms with Crippen molar-refractivity contribution >= 4 is 37.3 Å². The molecule has 0 radical (unpaired) electrons. The third-order valence-corrected chi connectivity index (χ3v) is 4.66. The normalized spacial score (nSPS) is 11.2. The van der Waals surface area contributed by atoms with Crippen molar-refractivity contribution in [2.75, 3.05) is 10.5 Å². The van der Waals surface area contributed by atoms with Gasteiger partial charge in [-0.3, -0.25) is 4.72 Å². The van der Waals surface area contributed by atoms with Crippen LogP contribution in [-0.4, -0.2) is 8.42 Å². The smallest absolute Gasteiger partial charge is 0.263 e. The molecule has 0 saturated heterocycles. The average Bonchev–Trinajstić information content (AvgIpc) is 2.28. The molecule has 0 aliphatic rings. The molecular weight excluding hydrogens is 316 g/mol. The van der Waals surface area contributed by atoms with Crippen molar-refractivity contribution in [3.8, 4) is 0 Å². The Kier molecular flexibility index (Phi) is 3.58. The number of hydrogen-bond acceptors (Lipinski definition) is 3. The molecule has 3 N–H and O–H groups in total. The van der Waals surface area contributed by atoms with Crippen LogP contribution in [0.4, 0.5) is 11.4 Å². The molecule has 0 fully saturated rings. The first-order valence-electron chi connectivity index (χ1n) is 5.12. The van der Waals surface area contributed by atoms with E-state index in [4.69, 9.17) is 5.73 Å². The highest BCUT2D eigenvalue weighted by Crippen LogP contribution is 2.24. The summed E-state index contributed by atoms with van der Waals surface area (Å²) < 4.78 is 27.3. The van der Waals surface area contributed by atoms with Crippen LogP contribution in [0.15, 0.2) is 57.9 Å². The molecule has 0 spiro atoms. The summed E-state index contributed by atoms with van der Waals surface area (Å²) >= 11 is 3.22. The number of nitrogen functional groups attached to an aromatic ring is 1. The minimum absolute atomic E-state index is 0.187. The lowest BCUT2D eigenvalue weighted by molar-refractivity contribution is 0.601. The molecule has 0 aliphatic carbocycles. The number of nitrogens with two attached hydrogens (primary N) is 1. The monoisotopic (exact) mass is 326 g/mol. The molecule has 2 aromatic carbocycles. The SMILES string of the molecule is Nc1cccc(NS(=O)(=O)c2ccccc2Br)c1. The summed E-state index contributed by atoms with van der Waals surface area (Å²) in [5, 5.41) is 0. The van der Waals surface area contributed by atoms with Gasteiger partial charge < -0.3 is 5.73 Å². The minimum atomic E-state index is -3.61. The Labute approximate surface area is 114 Å². The Bertz CT molecular complexity index is 671. The quantitative estimate of drug-likeness (QED) is 0.852. The lowest BCUT2D eigenvalue weighted by Crippen LogP contribution is -2.13. The molecule has 0 bridgehead atoms. The Hall–Kier alpha value is -1.53. The summed E-state index contributed by atoms with van der Waals surface area (Å²) in [7, 11) is -3.61. The first-order chi connectivity index (χ1) is 8.49. The highest BCUT2D eigenvalue weighted by Gasteiger charge is 2.16. The van der Waals surface area contributed by atoms with Crippen molar-refractivity contribution in [3.05, 3.63) is 53.0 Å². The second-order valence-electron chi connectivity index (χ2n) is 3.66. The zero-order valence-electron chi connectivity index (χ0n) is 9.30. The van der Waals surface area contributed by atoms with Crippen LogP contribution in [-0.2, 0) is 10.0 Å². The van der Waals surface area contributed by atoms with Crippen molar-refractivity contribution in [2.24, 2.45) is 0 Å². The fourth-order valence-corrected chi connectivity index (χ4v) is 3.53. The molecule has 0 amide bonds. The minimum Gasteiger partial charge on any atom is -0.399 e. The maximum atomic E-state index is 12.2. The molecule has 94 valence electrons. The first kappa shape index (κ1) is 12.9. The van der Waals surface area contributed by atoms with Crippen molar-refractivity contribution in [1.82, 2.24) is 0 Å². The number of halogens is 1. The van der Waals surface area contributed by atoms with E-state index < -0.39 is 10.0 Å². The standard InChI is InChI=1S/C12H11BrN2O2S/c13-11-6-1-2-7-12(11)18(16,17)15-10-5-3-4-9(14)8-10/h1-8,15H,14H2. The van der Waals surface area contributed by atoms with Crippen LogP contribution in [0.3, 0.4) is 0 Å². The molecule has 0 aromatic heterocycles. The Morgan fingerprint density at radius 2 is 1.78 bits per heavy atom. The summed E-state index contributed by atoms with van der Waals surface area (Å²) in [6, 6.07) is 13.2. The van der Waals surface area contributed by atoms with Crippen LogP contribution in [0.2, 0.25) is 0 Å². The Morgan fingerprint density at radius 1 is 1.06 bits per heavy atom. The van der Waals surface area contributed by atoms with Gasteiger partial charge in [0, 0.05) is 10.2 Å². The summed E-state index contributed by atoms with van der Waals surface area (Å²) in [6.45, 7) is 0. The van der Waals surface area contributed by atoms with Crippen molar-refractivity contribution in [2.45, 2.75) is 4.90 Å². The maximum absolute atomic E-state index is 12.2. The summed E-state index contributed by atoms with van der Waals surface area (Å²) in [6.07, 6.45) is 0. The summed E-state index contributed by atoms with van der Waals surface area (Å²) in [4.78, 5) is 0.187. The van der Waals surface area contributed by atoms with Gasteiger partial charge >= 0.3 is 0 Å². The molecular formula is C12H11BrN2O2S. The van der Waals surface area contributed by atoms with Gasteiger partial charge in [-0.05, 0) is 46.3 Å². The predicted octanol–water partition coefficient (Wildman–Crippen LogP) is 2.83. The third-order valence-electron chi connectivity index (χ3n) is 2.27. The topological polar surface area (TPSA) is 72.2 Å². The van der Waals surface area contributed by atoms with E-state index in [1.54, 1.807) is 42.5 Å². The number of anilines is 2. The van der Waals surface area contributed by atoms with Crippen LogP contribution in [0.5, 0.6) is 0 Å². The molecule has 0 saturated carbocycles. The van der Waals surface area contributed by atoms with E-state index >= 15 is 0 Å². The van der Waals surface area contributed by atoms with E-state index in [2.05, 4.69) is 20.7 Å². The molecule has 0 aliphatic heterocycles. The van der Waals surface area contributed by atoms with Gasteiger partial charge in [-0.2, -0.15) is 0 Å². The number of benzene rings is 2. The second kappa shape index (κ2) is 4.99. The zero-order chi connectivity index (χ0) is 13.2. The highest BCUT2D eigenvalue weighted by molar-refractivity contribution is 9.10. The van der Waals surface area contributed by atoms with Gasteiger partial charge in [0.15, 0.2) is 0 Å². The lowest BCUT2D eigenvalue weighted by Gasteiger charge is -2.09. The second-order valence-corrected chi connectivity index (χ2v) is 6.17. The highest BCUT2D eigenvalue weighted by atomic mass is 79.9. The third kappa shape index (κ3) is 2.83. The average molecular weight is 327 g/mol. The van der Waals surface area contributed by atoms with E-state index in [1.807, 2.05) is 0 Å². The molecule has 4 nitrogen and oxygen atoms in total. The van der Waals surface area contributed by atoms with Gasteiger partial charge in [-0.25, -0.2) is 8.42 Å². The van der Waals surface area contributed by atoms with Gasteiger partial charge in [0.1, 0.15) is 4.90 Å². The van der Waals surface area contributed by atoms with E-state index in [-0.39, 0.29) is 4.90 Å². The van der Waals surface area contributed by atoms with Crippen molar-refractivity contribution < 1.29 is 8.42 Å². The molecule has 6 heteroatoms. The number of sulfonamides is 1. The van der Waals surface area contributed by atoms with E-state index in [9.17, 15) is 8.42 Å². The van der Waals surface area contributed by atoms with Crippen molar-refractivity contribution in [1.29, 1.82) is 0 Å². The molecule has 18 heavy (non-hydrogen) atoms. The lowest BCUT2D eigenvalue weighted by atomic mass is 10.3. The van der Waals surface area contributed by atoms with Crippen LogP contribution in [0.25, 0.3) is 0 Å². The molecule has 2 aromatic rings. The predicted molar refractivity (Wildman–Crippen MR) is 75.8 cm³/mol. The van der Waals surface area contributed by atoms with Crippen LogP contribution in [0.1, 0.15) is 0 Å². The fourth-order valence-electron chi connectivity index (χ4n) is 1.47. The van der Waals surface area contributed by atoms with E-state index in [1.165, 1.54) is 6.07 Å². The van der Waals surface area contributed by atoms with Gasteiger partial charge in [-0.1, -0.05) is 18.2 Å². The summed E-state index contributed by atoms with van der Waals surface area (Å²) in [5.74, 6) is 0. The zero-order valence-corrected chi connectivity index (χ0v) is 11.7. The fraction of sp³-hybridized carbons (Fsp3) is 0. The number of nitrogens with one attached hydrogen (secondary N) is 1. The van der Waals surface area contributed by atoms with Gasteiger partial charge in [-0.15, -0.1) is 0 Å². The van der Waals surface area contributed by atoms with Crippen LogP contribution >= 0.6 is 15.9 Å². The maximum Gasteiger partial charge on any atom is 0.263 e. The van der Waals surface area contributed by atoms with Gasteiger partial charge in [0.25, 0.3) is 10.0 Å². The van der Waals surface area contributed by atoms with Crippen LogP contribution < -0.4 is 10.5 Å². The van der Waals surface area contributed by atoms with Gasteiger partial charge in [0.2, 0.25) is 0 Å². The Balaban J connectivity index is 2.37. The van der Waals surface area contributed by atoms with E-state index in [0.717, 1.165) is 0 Å². The summed E-state index contributed by atoms with van der Waals surface area (Å²) in [5.41, 5.74) is 6.54. The first-order valence-corrected chi connectivity index (χ1v) is 7.39. The van der Waals surface area contributed by atoms with Crippen LogP contribution in [0, 0.1) is 0 Å². The molecule has 0 atom stereocenters. The van der Waals surface area contributed by atoms with E-state index in [0.29, 0.717) is 15.8 Å². The Morgan fingerprint density at radius 3 is 2.44 bits per heavy atom. The van der Waals surface area contributed by atoms with Gasteiger partial charge in [0.05, 0.1) is 5.69 Å². The molecule has 0 heterocycles. The number of hydrogen-bond donors (Lipinski definition) is 2. The number of rotatable bonds is 3. The van der Waals surface area contributed by atoms with Crippen molar-refractivity contribution in [3.63, 3.8) is 0 Å². The molecule has 2 rings (SSSR count). The largest absolute Gasteiger partial charge is 0.399 e. The molecule has 0 unspecified atom stereocenters.